The van der Waals surface area contributed by atoms with E-state index in [0.29, 0.717) is 11.1 Å². The van der Waals surface area contributed by atoms with Crippen molar-refractivity contribution in [2.24, 2.45) is 0 Å². The van der Waals surface area contributed by atoms with Crippen LogP contribution in [0.2, 0.25) is 0 Å². The molecule has 2 aromatic rings. The first kappa shape index (κ1) is 16.3. The van der Waals surface area contributed by atoms with Gasteiger partial charge in [-0.3, -0.25) is 14.9 Å². The van der Waals surface area contributed by atoms with Crippen molar-refractivity contribution < 1.29 is 19.2 Å². The molecule has 0 aromatic heterocycles. The molecule has 1 heterocycles. The molecule has 0 saturated carbocycles. The molecule has 0 spiro atoms. The van der Waals surface area contributed by atoms with Crippen LogP contribution in [0, 0.1) is 10.1 Å². The van der Waals surface area contributed by atoms with Gasteiger partial charge in [-0.1, -0.05) is 30.3 Å². The molecule has 1 saturated heterocycles. The Labute approximate surface area is 139 Å². The smallest absolute Gasteiger partial charge is 0.269 e. The van der Waals surface area contributed by atoms with E-state index in [9.17, 15) is 14.9 Å². The summed E-state index contributed by atoms with van der Waals surface area (Å²) in [6.07, 6.45) is -1.42. The van der Waals surface area contributed by atoms with E-state index >= 15 is 0 Å². The molecule has 24 heavy (non-hydrogen) atoms. The van der Waals surface area contributed by atoms with Crippen LogP contribution in [0.25, 0.3) is 0 Å². The lowest BCUT2D eigenvalue weighted by atomic mass is 9.97. The Kier molecular flexibility index (Phi) is 4.17. The Bertz CT molecular complexity index is 755. The van der Waals surface area contributed by atoms with Crippen LogP contribution in [-0.2, 0) is 9.47 Å². The van der Waals surface area contributed by atoms with Crippen molar-refractivity contribution in [3.63, 3.8) is 0 Å². The van der Waals surface area contributed by atoms with Crippen LogP contribution in [0.15, 0.2) is 54.6 Å². The van der Waals surface area contributed by atoms with Gasteiger partial charge in [0.2, 0.25) is 0 Å². The van der Waals surface area contributed by atoms with E-state index in [1.54, 1.807) is 50.2 Å². The normalized spacial score (nSPS) is 22.2. The van der Waals surface area contributed by atoms with Crippen LogP contribution in [0.4, 0.5) is 5.69 Å². The van der Waals surface area contributed by atoms with E-state index in [4.69, 9.17) is 9.47 Å². The zero-order valence-corrected chi connectivity index (χ0v) is 13.3. The highest BCUT2D eigenvalue weighted by Gasteiger charge is 2.46. The Morgan fingerprint density at radius 3 is 2.25 bits per heavy atom. The first-order chi connectivity index (χ1) is 11.4. The summed E-state index contributed by atoms with van der Waals surface area (Å²) in [5, 5.41) is 10.8. The third-order valence-electron chi connectivity index (χ3n) is 3.85. The number of nitro benzene ring substituents is 1. The minimum absolute atomic E-state index is 0.0112. The number of ketones is 1. The molecule has 0 N–H and O–H groups in total. The van der Waals surface area contributed by atoms with Crippen molar-refractivity contribution in [1.29, 1.82) is 0 Å². The molecule has 1 fully saturated rings. The molecule has 1 aliphatic rings. The van der Waals surface area contributed by atoms with E-state index in [1.807, 2.05) is 6.07 Å². The van der Waals surface area contributed by atoms with Gasteiger partial charge >= 0.3 is 0 Å². The first-order valence-corrected chi connectivity index (χ1v) is 7.57. The fraction of sp³-hybridized carbons (Fsp3) is 0.278. The highest BCUT2D eigenvalue weighted by atomic mass is 16.8. The van der Waals surface area contributed by atoms with E-state index < -0.39 is 22.9 Å². The number of hydrogen-bond donors (Lipinski definition) is 0. The number of nitro groups is 1. The zero-order chi connectivity index (χ0) is 17.3. The molecule has 0 radical (unpaired) electrons. The van der Waals surface area contributed by atoms with Gasteiger partial charge in [-0.2, -0.15) is 0 Å². The predicted molar refractivity (Wildman–Crippen MR) is 86.6 cm³/mol. The molecule has 3 rings (SSSR count). The molecule has 0 bridgehead atoms. The summed E-state index contributed by atoms with van der Waals surface area (Å²) in [6.45, 7) is 3.48. The second-order valence-electron chi connectivity index (χ2n) is 6.06. The lowest BCUT2D eigenvalue weighted by molar-refractivity contribution is -0.384. The van der Waals surface area contributed by atoms with Gasteiger partial charge < -0.3 is 9.47 Å². The molecule has 124 valence electrons. The Morgan fingerprint density at radius 1 is 1.04 bits per heavy atom. The number of carbonyl (C=O) groups excluding carboxylic acids is 1. The standard InChI is InChI=1S/C18H17NO5/c1-18(2)23-16(13-8-10-14(11-9-13)19(21)22)17(24-18)15(20)12-6-4-3-5-7-12/h3-11,16-17H,1-2H3. The monoisotopic (exact) mass is 327 g/mol. The minimum Gasteiger partial charge on any atom is -0.339 e. The summed E-state index contributed by atoms with van der Waals surface area (Å²) in [7, 11) is 0. The van der Waals surface area contributed by atoms with Gasteiger partial charge in [0.1, 0.15) is 6.10 Å². The molecule has 2 atom stereocenters. The number of hydrogen-bond acceptors (Lipinski definition) is 5. The van der Waals surface area contributed by atoms with E-state index in [1.165, 1.54) is 12.1 Å². The number of rotatable bonds is 4. The van der Waals surface area contributed by atoms with Gasteiger partial charge in [0.25, 0.3) is 5.69 Å². The summed E-state index contributed by atoms with van der Waals surface area (Å²) >= 11 is 0. The summed E-state index contributed by atoms with van der Waals surface area (Å²) in [4.78, 5) is 23.1. The lowest BCUT2D eigenvalue weighted by Crippen LogP contribution is -2.28. The molecule has 1 aliphatic heterocycles. The zero-order valence-electron chi connectivity index (χ0n) is 13.3. The summed E-state index contributed by atoms with van der Waals surface area (Å²) in [5.41, 5.74) is 1.19. The summed E-state index contributed by atoms with van der Waals surface area (Å²) in [5.74, 6) is -1.09. The van der Waals surface area contributed by atoms with Crippen LogP contribution < -0.4 is 0 Å². The molecule has 0 aliphatic carbocycles. The van der Waals surface area contributed by atoms with Crippen LogP contribution >= 0.6 is 0 Å². The highest BCUT2D eigenvalue weighted by Crippen LogP contribution is 2.40. The molecular formula is C18H17NO5. The second-order valence-corrected chi connectivity index (χ2v) is 6.06. The van der Waals surface area contributed by atoms with Gasteiger partial charge in [0.05, 0.1) is 4.92 Å². The predicted octanol–water partition coefficient (Wildman–Crippen LogP) is 3.67. The fourth-order valence-corrected chi connectivity index (χ4v) is 2.75. The average Bonchev–Trinajstić information content (AvgIpc) is 2.91. The van der Waals surface area contributed by atoms with Crippen molar-refractivity contribution in [3.05, 3.63) is 75.8 Å². The van der Waals surface area contributed by atoms with Gasteiger partial charge in [0, 0.05) is 17.7 Å². The summed E-state index contributed by atoms with van der Waals surface area (Å²) < 4.78 is 11.7. The Morgan fingerprint density at radius 2 is 1.67 bits per heavy atom. The molecule has 2 aromatic carbocycles. The van der Waals surface area contributed by atoms with Crippen LogP contribution in [0.5, 0.6) is 0 Å². The summed E-state index contributed by atoms with van der Waals surface area (Å²) in [6, 6.07) is 14.8. The van der Waals surface area contributed by atoms with Crippen molar-refractivity contribution in [3.8, 4) is 0 Å². The molecule has 0 amide bonds. The average molecular weight is 327 g/mol. The number of carbonyl (C=O) groups is 1. The second kappa shape index (κ2) is 6.14. The van der Waals surface area contributed by atoms with Crippen molar-refractivity contribution in [2.75, 3.05) is 0 Å². The minimum atomic E-state index is -0.915. The van der Waals surface area contributed by atoms with Gasteiger partial charge in [-0.25, -0.2) is 0 Å². The Balaban J connectivity index is 1.92. The van der Waals surface area contributed by atoms with Gasteiger partial charge in [-0.15, -0.1) is 0 Å². The number of ether oxygens (including phenoxy) is 2. The van der Waals surface area contributed by atoms with Crippen molar-refractivity contribution in [2.45, 2.75) is 31.8 Å². The largest absolute Gasteiger partial charge is 0.339 e. The third-order valence-corrected chi connectivity index (χ3v) is 3.85. The van der Waals surface area contributed by atoms with E-state index in [2.05, 4.69) is 0 Å². The quantitative estimate of drug-likeness (QED) is 0.486. The van der Waals surface area contributed by atoms with Crippen molar-refractivity contribution >= 4 is 11.5 Å². The van der Waals surface area contributed by atoms with Crippen LogP contribution in [0.1, 0.15) is 35.9 Å². The molecule has 2 unspecified atom stereocenters. The van der Waals surface area contributed by atoms with E-state index in [-0.39, 0.29) is 11.5 Å². The van der Waals surface area contributed by atoms with Gasteiger partial charge in [0.15, 0.2) is 17.7 Å². The SMILES string of the molecule is CC1(C)OC(C(=O)c2ccccc2)C(c2ccc([N+](=O)[O-])cc2)O1. The first-order valence-electron chi connectivity index (χ1n) is 7.57. The maximum Gasteiger partial charge on any atom is 0.269 e. The molecular weight excluding hydrogens is 310 g/mol. The molecule has 6 heteroatoms. The number of benzene rings is 2. The highest BCUT2D eigenvalue weighted by molar-refractivity contribution is 6.00. The lowest BCUT2D eigenvalue weighted by Gasteiger charge is -2.16. The maximum atomic E-state index is 12.8. The maximum absolute atomic E-state index is 12.8. The van der Waals surface area contributed by atoms with Crippen LogP contribution in [-0.4, -0.2) is 22.6 Å². The third kappa shape index (κ3) is 3.20. The topological polar surface area (TPSA) is 78.7 Å². The van der Waals surface area contributed by atoms with Crippen LogP contribution in [0.3, 0.4) is 0 Å². The number of non-ortho nitro benzene ring substituents is 1. The van der Waals surface area contributed by atoms with Gasteiger partial charge in [-0.05, 0) is 31.5 Å². The Hall–Kier alpha value is -2.57. The molecule has 6 nitrogen and oxygen atoms in total. The number of Topliss-reactive ketones (excluding diaryl/α,β-unsaturated/α-hetero) is 1. The number of nitrogens with zero attached hydrogens (tertiary/aromatic N) is 1. The van der Waals surface area contributed by atoms with Crippen molar-refractivity contribution in [1.82, 2.24) is 0 Å². The fourth-order valence-electron chi connectivity index (χ4n) is 2.75. The van der Waals surface area contributed by atoms with E-state index in [0.717, 1.165) is 0 Å².